The van der Waals surface area contributed by atoms with E-state index < -0.39 is 0 Å². The van der Waals surface area contributed by atoms with Gasteiger partial charge >= 0.3 is 0 Å². The van der Waals surface area contributed by atoms with Gasteiger partial charge in [-0.1, -0.05) is 19.9 Å². The van der Waals surface area contributed by atoms with Crippen molar-refractivity contribution in [1.29, 1.82) is 0 Å². The van der Waals surface area contributed by atoms with Crippen LogP contribution in [0.4, 0.5) is 10.1 Å². The highest BCUT2D eigenvalue weighted by molar-refractivity contribution is 5.45. The zero-order chi connectivity index (χ0) is 12.1. The van der Waals surface area contributed by atoms with Crippen LogP contribution < -0.4 is 11.1 Å². The molecule has 0 aliphatic carbocycles. The van der Waals surface area contributed by atoms with Gasteiger partial charge in [0, 0.05) is 12.2 Å². The molecule has 0 saturated carbocycles. The molecule has 3 N–H and O–H groups in total. The van der Waals surface area contributed by atoms with Gasteiger partial charge in [0.2, 0.25) is 0 Å². The van der Waals surface area contributed by atoms with Crippen molar-refractivity contribution in [1.82, 2.24) is 0 Å². The molecule has 2 nitrogen and oxygen atoms in total. The highest BCUT2D eigenvalue weighted by atomic mass is 19.1. The van der Waals surface area contributed by atoms with E-state index in [1.165, 1.54) is 6.07 Å². The molecule has 1 aromatic rings. The maximum absolute atomic E-state index is 13.3. The van der Waals surface area contributed by atoms with E-state index in [2.05, 4.69) is 19.2 Å². The standard InChI is InChI=1S/C13H21FN2/c1-9(2)11(7-15)8-16-12-5-4-10(3)13(14)6-12/h4-6,9,11,16H,7-8,15H2,1-3H3. The van der Waals surface area contributed by atoms with Crippen LogP contribution in [0.15, 0.2) is 18.2 Å². The summed E-state index contributed by atoms with van der Waals surface area (Å²) >= 11 is 0. The predicted octanol–water partition coefficient (Wildman–Crippen LogP) is 2.78. The minimum absolute atomic E-state index is 0.168. The van der Waals surface area contributed by atoms with Gasteiger partial charge in [-0.2, -0.15) is 0 Å². The van der Waals surface area contributed by atoms with Crippen LogP contribution in [0, 0.1) is 24.6 Å². The van der Waals surface area contributed by atoms with Gasteiger partial charge in [0.1, 0.15) is 5.82 Å². The lowest BCUT2D eigenvalue weighted by molar-refractivity contribution is 0.413. The summed E-state index contributed by atoms with van der Waals surface area (Å²) in [6, 6.07) is 5.21. The fourth-order valence-corrected chi connectivity index (χ4v) is 1.54. The van der Waals surface area contributed by atoms with Crippen molar-refractivity contribution in [3.63, 3.8) is 0 Å². The first-order valence-electron chi connectivity index (χ1n) is 5.74. The summed E-state index contributed by atoms with van der Waals surface area (Å²) in [5.74, 6) is 0.788. The maximum atomic E-state index is 13.3. The van der Waals surface area contributed by atoms with Gasteiger partial charge in [0.25, 0.3) is 0 Å². The Hall–Kier alpha value is -1.09. The number of rotatable bonds is 5. The van der Waals surface area contributed by atoms with Gasteiger partial charge in [-0.25, -0.2) is 4.39 Å². The molecule has 16 heavy (non-hydrogen) atoms. The topological polar surface area (TPSA) is 38.0 Å². The Morgan fingerprint density at radius 3 is 2.56 bits per heavy atom. The summed E-state index contributed by atoms with van der Waals surface area (Å²) in [5, 5.41) is 3.23. The first-order valence-corrected chi connectivity index (χ1v) is 5.74. The second-order valence-corrected chi connectivity index (χ2v) is 4.58. The van der Waals surface area contributed by atoms with E-state index in [0.29, 0.717) is 23.9 Å². The SMILES string of the molecule is Cc1ccc(NCC(CN)C(C)C)cc1F. The largest absolute Gasteiger partial charge is 0.385 e. The number of hydrogen-bond acceptors (Lipinski definition) is 2. The first kappa shape index (κ1) is 13.0. The molecule has 0 aromatic heterocycles. The van der Waals surface area contributed by atoms with Crippen LogP contribution in [0.2, 0.25) is 0 Å². The lowest BCUT2D eigenvalue weighted by atomic mass is 9.96. The lowest BCUT2D eigenvalue weighted by Gasteiger charge is -2.20. The minimum Gasteiger partial charge on any atom is -0.385 e. The van der Waals surface area contributed by atoms with Crippen LogP contribution in [0.25, 0.3) is 0 Å². The number of nitrogens with two attached hydrogens (primary N) is 1. The molecule has 0 radical (unpaired) electrons. The van der Waals surface area contributed by atoms with Crippen molar-refractivity contribution in [3.05, 3.63) is 29.6 Å². The van der Waals surface area contributed by atoms with Gasteiger partial charge in [-0.3, -0.25) is 0 Å². The number of hydrogen-bond donors (Lipinski definition) is 2. The number of benzene rings is 1. The quantitative estimate of drug-likeness (QED) is 0.807. The Balaban J connectivity index is 2.57. The second kappa shape index (κ2) is 5.85. The van der Waals surface area contributed by atoms with Gasteiger partial charge in [0.05, 0.1) is 0 Å². The molecule has 3 heteroatoms. The summed E-state index contributed by atoms with van der Waals surface area (Å²) in [6.07, 6.45) is 0. The van der Waals surface area contributed by atoms with Crippen molar-refractivity contribution in [3.8, 4) is 0 Å². The van der Waals surface area contributed by atoms with E-state index in [1.54, 1.807) is 13.0 Å². The molecule has 0 fully saturated rings. The van der Waals surface area contributed by atoms with Crippen molar-refractivity contribution in [2.75, 3.05) is 18.4 Å². The third-order valence-electron chi connectivity index (χ3n) is 2.99. The van der Waals surface area contributed by atoms with E-state index in [9.17, 15) is 4.39 Å². The van der Waals surface area contributed by atoms with E-state index in [0.717, 1.165) is 12.2 Å². The lowest BCUT2D eigenvalue weighted by Crippen LogP contribution is -2.27. The summed E-state index contributed by atoms with van der Waals surface area (Å²) in [4.78, 5) is 0. The number of anilines is 1. The molecule has 1 rings (SSSR count). The first-order chi connectivity index (χ1) is 7.54. The zero-order valence-corrected chi connectivity index (χ0v) is 10.3. The third kappa shape index (κ3) is 3.49. The Labute approximate surface area is 97.0 Å². The van der Waals surface area contributed by atoms with Crippen LogP contribution in [0.3, 0.4) is 0 Å². The normalized spacial score (nSPS) is 12.9. The number of aryl methyl sites for hydroxylation is 1. The molecule has 1 unspecified atom stereocenters. The predicted molar refractivity (Wildman–Crippen MR) is 67.0 cm³/mol. The molecule has 1 aromatic carbocycles. The van der Waals surface area contributed by atoms with Crippen LogP contribution >= 0.6 is 0 Å². The molecule has 0 amide bonds. The van der Waals surface area contributed by atoms with Crippen LogP contribution in [0.1, 0.15) is 19.4 Å². The molecule has 0 aliphatic heterocycles. The Morgan fingerprint density at radius 1 is 1.38 bits per heavy atom. The molecule has 0 heterocycles. The van der Waals surface area contributed by atoms with Crippen LogP contribution in [-0.2, 0) is 0 Å². The molecule has 0 bridgehead atoms. The van der Waals surface area contributed by atoms with Gasteiger partial charge in [-0.15, -0.1) is 0 Å². The van der Waals surface area contributed by atoms with Crippen molar-refractivity contribution >= 4 is 5.69 Å². The fraction of sp³-hybridized carbons (Fsp3) is 0.538. The highest BCUT2D eigenvalue weighted by Crippen LogP contribution is 2.15. The van der Waals surface area contributed by atoms with Crippen molar-refractivity contribution in [2.45, 2.75) is 20.8 Å². The minimum atomic E-state index is -0.168. The average Bonchev–Trinajstić information content (AvgIpc) is 2.23. The molecule has 1 atom stereocenters. The molecular weight excluding hydrogens is 203 g/mol. The summed E-state index contributed by atoms with van der Waals surface area (Å²) < 4.78 is 13.3. The van der Waals surface area contributed by atoms with Crippen molar-refractivity contribution < 1.29 is 4.39 Å². The Bertz CT molecular complexity index is 337. The second-order valence-electron chi connectivity index (χ2n) is 4.58. The average molecular weight is 224 g/mol. The Kier molecular flexibility index (Phi) is 4.74. The third-order valence-corrected chi connectivity index (χ3v) is 2.99. The molecular formula is C13H21FN2. The summed E-state index contributed by atoms with van der Waals surface area (Å²) in [7, 11) is 0. The van der Waals surface area contributed by atoms with Gasteiger partial charge < -0.3 is 11.1 Å². The van der Waals surface area contributed by atoms with Gasteiger partial charge in [0.15, 0.2) is 0 Å². The summed E-state index contributed by atoms with van der Waals surface area (Å²) in [5.41, 5.74) is 7.17. The van der Waals surface area contributed by atoms with Crippen molar-refractivity contribution in [2.24, 2.45) is 17.6 Å². The monoisotopic (exact) mass is 224 g/mol. The summed E-state index contributed by atoms with van der Waals surface area (Å²) in [6.45, 7) is 7.50. The Morgan fingerprint density at radius 2 is 2.06 bits per heavy atom. The van der Waals surface area contributed by atoms with E-state index >= 15 is 0 Å². The van der Waals surface area contributed by atoms with E-state index in [1.807, 2.05) is 6.07 Å². The number of halogens is 1. The zero-order valence-electron chi connectivity index (χ0n) is 10.3. The van der Waals surface area contributed by atoms with E-state index in [4.69, 9.17) is 5.73 Å². The van der Waals surface area contributed by atoms with Crippen LogP contribution in [-0.4, -0.2) is 13.1 Å². The maximum Gasteiger partial charge on any atom is 0.128 e. The van der Waals surface area contributed by atoms with Gasteiger partial charge in [-0.05, 0) is 43.0 Å². The highest BCUT2D eigenvalue weighted by Gasteiger charge is 2.11. The molecule has 0 saturated heterocycles. The smallest absolute Gasteiger partial charge is 0.128 e. The molecule has 90 valence electrons. The fourth-order valence-electron chi connectivity index (χ4n) is 1.54. The van der Waals surface area contributed by atoms with E-state index in [-0.39, 0.29) is 5.82 Å². The molecule has 0 aliphatic rings. The number of nitrogens with one attached hydrogen (secondary N) is 1. The van der Waals surface area contributed by atoms with Crippen LogP contribution in [0.5, 0.6) is 0 Å². The molecule has 0 spiro atoms.